The van der Waals surface area contributed by atoms with Crippen molar-refractivity contribution in [3.8, 4) is 5.75 Å². The van der Waals surface area contributed by atoms with Gasteiger partial charge in [0.15, 0.2) is 5.75 Å². The third-order valence-corrected chi connectivity index (χ3v) is 9.68. The topological polar surface area (TPSA) is 105 Å². The van der Waals surface area contributed by atoms with Gasteiger partial charge in [0.2, 0.25) is 16.0 Å². The molecule has 1 heterocycles. The Morgan fingerprint density at radius 1 is 0.932 bits per heavy atom. The van der Waals surface area contributed by atoms with Crippen LogP contribution in [0.2, 0.25) is 0 Å². The number of hydrogen-bond donors (Lipinski definition) is 3. The van der Waals surface area contributed by atoms with E-state index in [0.29, 0.717) is 24.2 Å². The van der Waals surface area contributed by atoms with Crippen molar-refractivity contribution < 1.29 is 26.3 Å². The van der Waals surface area contributed by atoms with Gasteiger partial charge in [0.1, 0.15) is 10.7 Å². The van der Waals surface area contributed by atoms with Gasteiger partial charge in [0.25, 0.3) is 0 Å². The maximum Gasteiger partial charge on any atom is 0.573 e. The summed E-state index contributed by atoms with van der Waals surface area (Å²) in [6.45, 7) is 2.91. The Morgan fingerprint density at radius 3 is 2.30 bits per heavy atom. The zero-order valence-electron chi connectivity index (χ0n) is 24.0. The lowest BCUT2D eigenvalue weighted by atomic mass is 9.82. The number of ether oxygens (including phenoxy) is 1. The molecule has 3 N–H and O–H groups in total. The predicted molar refractivity (Wildman–Crippen MR) is 169 cm³/mol. The number of rotatable bonds is 11. The van der Waals surface area contributed by atoms with Gasteiger partial charge >= 0.3 is 6.36 Å². The van der Waals surface area contributed by atoms with Crippen LogP contribution in [0.15, 0.2) is 76.1 Å². The lowest BCUT2D eigenvalue weighted by molar-refractivity contribution is -0.275. The molecule has 3 aromatic carbocycles. The molecule has 5 rings (SSSR count). The van der Waals surface area contributed by atoms with Crippen molar-refractivity contribution in [2.75, 3.05) is 23.7 Å². The number of aromatic nitrogens is 2. The normalized spacial score (nSPS) is 17.4. The Labute approximate surface area is 263 Å². The molecule has 13 heteroatoms. The average molecular weight is 693 g/mol. The van der Waals surface area contributed by atoms with Crippen LogP contribution in [0.25, 0.3) is 10.9 Å². The van der Waals surface area contributed by atoms with Gasteiger partial charge in [0, 0.05) is 28.6 Å². The summed E-state index contributed by atoms with van der Waals surface area (Å²) in [4.78, 5) is 8.91. The SMILES string of the molecule is CCc1ccc(Nc2nc(NCC3CCC(CNS(=O)(=O)c4ccc(Br)cc4OC(F)(F)F)CC3)nc3ccccc23)cc1. The molecule has 1 aromatic heterocycles. The zero-order chi connectivity index (χ0) is 31.3. The summed E-state index contributed by atoms with van der Waals surface area (Å²) in [6, 6.07) is 19.5. The van der Waals surface area contributed by atoms with Crippen molar-refractivity contribution >= 4 is 54.3 Å². The number of alkyl halides is 3. The van der Waals surface area contributed by atoms with Crippen LogP contribution in [-0.4, -0.2) is 37.8 Å². The van der Waals surface area contributed by atoms with E-state index in [2.05, 4.69) is 55.1 Å². The molecule has 0 bridgehead atoms. The summed E-state index contributed by atoms with van der Waals surface area (Å²) in [5.41, 5.74) is 3.02. The number of sulfonamides is 1. The molecule has 1 aliphatic carbocycles. The van der Waals surface area contributed by atoms with Crippen LogP contribution in [0.5, 0.6) is 5.75 Å². The largest absolute Gasteiger partial charge is 0.573 e. The van der Waals surface area contributed by atoms with E-state index in [9.17, 15) is 21.6 Å². The van der Waals surface area contributed by atoms with Crippen molar-refractivity contribution in [1.82, 2.24) is 14.7 Å². The van der Waals surface area contributed by atoms with Crippen LogP contribution in [-0.2, 0) is 16.4 Å². The summed E-state index contributed by atoms with van der Waals surface area (Å²) < 4.78 is 71.0. The molecule has 44 heavy (non-hydrogen) atoms. The van der Waals surface area contributed by atoms with Crippen molar-refractivity contribution in [3.05, 3.63) is 76.8 Å². The summed E-state index contributed by atoms with van der Waals surface area (Å²) >= 11 is 3.06. The molecule has 0 amide bonds. The molecule has 0 unspecified atom stereocenters. The zero-order valence-corrected chi connectivity index (χ0v) is 26.4. The molecule has 0 aliphatic heterocycles. The lowest BCUT2D eigenvalue weighted by Crippen LogP contribution is -2.33. The molecule has 0 radical (unpaired) electrons. The number of fused-ring (bicyclic) bond motifs is 1. The fraction of sp³-hybridized carbons (Fsp3) is 0.355. The highest BCUT2D eigenvalue weighted by Crippen LogP contribution is 2.34. The molecule has 234 valence electrons. The monoisotopic (exact) mass is 691 g/mol. The Morgan fingerprint density at radius 2 is 1.61 bits per heavy atom. The standard InChI is InChI=1S/C31H33BrF3N5O3S/c1-2-20-11-14-24(15-12-20)38-29-25-5-3-4-6-26(25)39-30(40-29)36-18-21-7-9-22(10-8-21)19-37-44(41,42)28-16-13-23(32)17-27(28)43-31(33,34)35/h3-6,11-17,21-22,37H,2,7-10,18-19H2,1H3,(H2,36,38,39,40). The molecule has 1 aliphatic rings. The predicted octanol–water partition coefficient (Wildman–Crippen LogP) is 7.79. The Bertz CT molecular complexity index is 1700. The number of hydrogen-bond acceptors (Lipinski definition) is 7. The van der Waals surface area contributed by atoms with Crippen molar-refractivity contribution in [3.63, 3.8) is 0 Å². The van der Waals surface area contributed by atoms with Gasteiger partial charge in [-0.3, -0.25) is 0 Å². The summed E-state index contributed by atoms with van der Waals surface area (Å²) in [5, 5.41) is 7.73. The Balaban J connectivity index is 1.16. The fourth-order valence-corrected chi connectivity index (χ4v) is 6.86. The number of halogens is 4. The fourth-order valence-electron chi connectivity index (χ4n) is 5.30. The van der Waals surface area contributed by atoms with Crippen LogP contribution in [0.3, 0.4) is 0 Å². The summed E-state index contributed by atoms with van der Waals surface area (Å²) in [5.74, 6) is 0.868. The second-order valence-corrected chi connectivity index (χ2v) is 13.5. The molecule has 0 atom stereocenters. The smallest absolute Gasteiger partial charge is 0.404 e. The molecule has 8 nitrogen and oxygen atoms in total. The molecule has 0 spiro atoms. The van der Waals surface area contributed by atoms with E-state index >= 15 is 0 Å². The van der Waals surface area contributed by atoms with Gasteiger partial charge in [-0.15, -0.1) is 13.2 Å². The minimum atomic E-state index is -5.02. The number of benzene rings is 3. The van der Waals surface area contributed by atoms with Crippen molar-refractivity contribution in [2.45, 2.75) is 50.3 Å². The third-order valence-electron chi connectivity index (χ3n) is 7.73. The van der Waals surface area contributed by atoms with Gasteiger partial charge in [-0.05, 0) is 92.0 Å². The first-order chi connectivity index (χ1) is 21.0. The van der Waals surface area contributed by atoms with Gasteiger partial charge in [-0.1, -0.05) is 47.1 Å². The van der Waals surface area contributed by atoms with Crippen molar-refractivity contribution in [1.29, 1.82) is 0 Å². The number of anilines is 3. The number of nitrogens with zero attached hydrogens (tertiary/aromatic N) is 2. The molecule has 4 aromatic rings. The van der Waals surface area contributed by atoms with E-state index in [1.807, 2.05) is 36.4 Å². The quantitative estimate of drug-likeness (QED) is 0.147. The molecule has 1 fully saturated rings. The van der Waals surface area contributed by atoms with Crippen molar-refractivity contribution in [2.24, 2.45) is 11.8 Å². The maximum absolute atomic E-state index is 12.9. The molecular formula is C31H33BrF3N5O3S. The van der Waals surface area contributed by atoms with Crippen LogP contribution >= 0.6 is 15.9 Å². The number of para-hydroxylation sites is 1. The number of aryl methyl sites for hydroxylation is 1. The second-order valence-electron chi connectivity index (χ2n) is 10.8. The molecule has 1 saturated carbocycles. The van der Waals surface area contributed by atoms with E-state index in [-0.39, 0.29) is 16.9 Å². The first-order valence-corrected chi connectivity index (χ1v) is 16.7. The maximum atomic E-state index is 12.9. The first kappa shape index (κ1) is 32.0. The highest BCUT2D eigenvalue weighted by atomic mass is 79.9. The Kier molecular flexibility index (Phi) is 9.96. The van der Waals surface area contributed by atoms with E-state index < -0.39 is 27.0 Å². The highest BCUT2D eigenvalue weighted by molar-refractivity contribution is 9.10. The minimum Gasteiger partial charge on any atom is -0.404 e. The van der Waals surface area contributed by atoms with Gasteiger partial charge in [-0.2, -0.15) is 4.98 Å². The third kappa shape index (κ3) is 8.39. The van der Waals surface area contributed by atoms with Crippen LogP contribution in [0.1, 0.15) is 38.2 Å². The van der Waals surface area contributed by atoms with E-state index in [0.717, 1.165) is 60.8 Å². The van der Waals surface area contributed by atoms with E-state index in [4.69, 9.17) is 9.97 Å². The van der Waals surface area contributed by atoms with E-state index in [1.54, 1.807) is 0 Å². The van der Waals surface area contributed by atoms with Gasteiger partial charge in [-0.25, -0.2) is 18.1 Å². The molecular weight excluding hydrogens is 659 g/mol. The highest BCUT2D eigenvalue weighted by Gasteiger charge is 2.34. The molecule has 0 saturated heterocycles. The van der Waals surface area contributed by atoms with Crippen LogP contribution < -0.4 is 20.1 Å². The second kappa shape index (κ2) is 13.7. The lowest BCUT2D eigenvalue weighted by Gasteiger charge is -2.29. The average Bonchev–Trinajstić information content (AvgIpc) is 2.99. The van der Waals surface area contributed by atoms with Gasteiger partial charge in [0.05, 0.1) is 5.52 Å². The summed E-state index contributed by atoms with van der Waals surface area (Å²) in [6.07, 6.45) is -0.768. The Hall–Kier alpha value is -3.42. The first-order valence-electron chi connectivity index (χ1n) is 14.4. The van der Waals surface area contributed by atoms with Gasteiger partial charge < -0.3 is 15.4 Å². The van der Waals surface area contributed by atoms with Crippen LogP contribution in [0, 0.1) is 11.8 Å². The summed E-state index contributed by atoms with van der Waals surface area (Å²) in [7, 11) is -4.22. The van der Waals surface area contributed by atoms with Crippen LogP contribution in [0.4, 0.5) is 30.6 Å². The number of nitrogens with one attached hydrogen (secondary N) is 3. The minimum absolute atomic E-state index is 0.0651. The van der Waals surface area contributed by atoms with E-state index in [1.165, 1.54) is 11.6 Å².